The number of anilines is 1. The molecule has 0 aliphatic heterocycles. The van der Waals surface area contributed by atoms with Gasteiger partial charge in [0.2, 0.25) is 0 Å². The summed E-state index contributed by atoms with van der Waals surface area (Å²) in [6, 6.07) is 6.09. The minimum absolute atomic E-state index is 0.345. The van der Waals surface area contributed by atoms with E-state index in [-0.39, 0.29) is 0 Å². The van der Waals surface area contributed by atoms with E-state index in [9.17, 15) is 0 Å². The molecule has 1 aromatic heterocycles. The van der Waals surface area contributed by atoms with E-state index in [1.165, 1.54) is 0 Å². The molecule has 0 amide bonds. The molecule has 0 unspecified atom stereocenters. The Morgan fingerprint density at radius 3 is 2.79 bits per heavy atom. The molecule has 0 aliphatic carbocycles. The fourth-order valence-corrected chi connectivity index (χ4v) is 2.24. The third kappa shape index (κ3) is 1.39. The quantitative estimate of drug-likeness (QED) is 0.795. The van der Waals surface area contributed by atoms with Crippen LogP contribution in [0.4, 0.5) is 5.69 Å². The number of aromatic nitrogens is 2. The van der Waals surface area contributed by atoms with Crippen LogP contribution in [-0.2, 0) is 0 Å². The lowest BCUT2D eigenvalue weighted by Gasteiger charge is -2.05. The largest absolute Gasteiger partial charge is 0.399 e. The average Bonchev–Trinajstić information content (AvgIpc) is 2.44. The highest BCUT2D eigenvalue weighted by atomic mass is 79.9. The minimum Gasteiger partial charge on any atom is -0.399 e. The number of nitrogen functional groups attached to an aromatic ring is 1. The Kier molecular flexibility index (Phi) is 2.23. The lowest BCUT2D eigenvalue weighted by molar-refractivity contribution is 0.527. The van der Waals surface area contributed by atoms with Crippen molar-refractivity contribution < 1.29 is 0 Å². The summed E-state index contributed by atoms with van der Waals surface area (Å²) in [6.07, 6.45) is 0. The number of rotatable bonds is 1. The van der Waals surface area contributed by atoms with Gasteiger partial charge in [-0.1, -0.05) is 0 Å². The topological polar surface area (TPSA) is 43.8 Å². The van der Waals surface area contributed by atoms with Crippen molar-refractivity contribution in [1.82, 2.24) is 9.78 Å². The standard InChI is InChI=1S/C10H12BrN3/c1-6(2)14-10(11)8-5-7(12)3-4-9(8)13-14/h3-6H,12H2,1-2H3. The molecule has 0 atom stereocenters. The third-order valence-electron chi connectivity index (χ3n) is 2.15. The van der Waals surface area contributed by atoms with Crippen molar-refractivity contribution in [2.45, 2.75) is 19.9 Å². The van der Waals surface area contributed by atoms with Crippen LogP contribution in [0.2, 0.25) is 0 Å². The monoisotopic (exact) mass is 253 g/mol. The molecule has 0 aliphatic rings. The van der Waals surface area contributed by atoms with E-state index in [0.717, 1.165) is 21.2 Å². The summed E-state index contributed by atoms with van der Waals surface area (Å²) in [5.74, 6) is 0. The zero-order chi connectivity index (χ0) is 10.3. The summed E-state index contributed by atoms with van der Waals surface area (Å²) in [5, 5.41) is 5.54. The van der Waals surface area contributed by atoms with Crippen molar-refractivity contribution in [3.8, 4) is 0 Å². The van der Waals surface area contributed by atoms with Crippen molar-refractivity contribution >= 4 is 32.5 Å². The fraction of sp³-hybridized carbons (Fsp3) is 0.300. The van der Waals surface area contributed by atoms with E-state index in [1.54, 1.807) is 0 Å². The van der Waals surface area contributed by atoms with Gasteiger partial charge in [-0.25, -0.2) is 0 Å². The van der Waals surface area contributed by atoms with Gasteiger partial charge >= 0.3 is 0 Å². The molecule has 74 valence electrons. The first-order valence-corrected chi connectivity index (χ1v) is 5.32. The van der Waals surface area contributed by atoms with Crippen LogP contribution in [0.1, 0.15) is 19.9 Å². The molecule has 0 fully saturated rings. The maximum atomic E-state index is 5.72. The molecule has 0 spiro atoms. The van der Waals surface area contributed by atoms with Crippen molar-refractivity contribution in [3.05, 3.63) is 22.8 Å². The van der Waals surface area contributed by atoms with Gasteiger partial charge in [0.25, 0.3) is 0 Å². The van der Waals surface area contributed by atoms with Gasteiger partial charge < -0.3 is 5.73 Å². The third-order valence-corrected chi connectivity index (χ3v) is 2.94. The van der Waals surface area contributed by atoms with Crippen LogP contribution in [0, 0.1) is 0 Å². The molecule has 0 radical (unpaired) electrons. The first-order valence-electron chi connectivity index (χ1n) is 4.53. The van der Waals surface area contributed by atoms with E-state index in [0.29, 0.717) is 6.04 Å². The SMILES string of the molecule is CC(C)n1nc2ccc(N)cc2c1Br. The average molecular weight is 254 g/mol. The van der Waals surface area contributed by atoms with E-state index >= 15 is 0 Å². The van der Waals surface area contributed by atoms with Gasteiger partial charge in [0.05, 0.1) is 5.52 Å². The fourth-order valence-electron chi connectivity index (χ4n) is 1.43. The molecular weight excluding hydrogens is 242 g/mol. The van der Waals surface area contributed by atoms with E-state index < -0.39 is 0 Å². The van der Waals surface area contributed by atoms with Gasteiger partial charge in [0.1, 0.15) is 4.60 Å². The van der Waals surface area contributed by atoms with Gasteiger partial charge in [0.15, 0.2) is 0 Å². The normalized spacial score (nSPS) is 11.4. The molecule has 2 N–H and O–H groups in total. The number of halogens is 1. The zero-order valence-corrected chi connectivity index (χ0v) is 9.75. The molecule has 1 heterocycles. The highest BCUT2D eigenvalue weighted by molar-refractivity contribution is 9.10. The van der Waals surface area contributed by atoms with Crippen LogP contribution < -0.4 is 5.73 Å². The van der Waals surface area contributed by atoms with E-state index in [4.69, 9.17) is 5.73 Å². The van der Waals surface area contributed by atoms with Gasteiger partial charge in [-0.05, 0) is 48.0 Å². The molecule has 0 saturated heterocycles. The van der Waals surface area contributed by atoms with Crippen LogP contribution in [0.5, 0.6) is 0 Å². The van der Waals surface area contributed by atoms with Crippen LogP contribution in [0.15, 0.2) is 22.8 Å². The molecule has 1 aromatic carbocycles. The number of hydrogen-bond acceptors (Lipinski definition) is 2. The molecule has 14 heavy (non-hydrogen) atoms. The number of benzene rings is 1. The van der Waals surface area contributed by atoms with Gasteiger partial charge in [-0.15, -0.1) is 0 Å². The Hall–Kier alpha value is -1.03. The molecule has 3 nitrogen and oxygen atoms in total. The summed E-state index contributed by atoms with van der Waals surface area (Å²) >= 11 is 3.53. The van der Waals surface area contributed by atoms with Crippen molar-refractivity contribution in [2.24, 2.45) is 0 Å². The molecular formula is C10H12BrN3. The van der Waals surface area contributed by atoms with E-state index in [1.807, 2.05) is 22.9 Å². The van der Waals surface area contributed by atoms with Crippen molar-refractivity contribution in [2.75, 3.05) is 5.73 Å². The zero-order valence-electron chi connectivity index (χ0n) is 8.16. The van der Waals surface area contributed by atoms with Crippen molar-refractivity contribution in [1.29, 1.82) is 0 Å². The highest BCUT2D eigenvalue weighted by Crippen LogP contribution is 2.27. The second-order valence-corrected chi connectivity index (χ2v) is 4.36. The molecule has 0 saturated carbocycles. The Morgan fingerprint density at radius 1 is 1.43 bits per heavy atom. The van der Waals surface area contributed by atoms with E-state index in [2.05, 4.69) is 34.9 Å². The minimum atomic E-state index is 0.345. The lowest BCUT2D eigenvalue weighted by atomic mass is 10.2. The predicted molar refractivity (Wildman–Crippen MR) is 62.2 cm³/mol. The molecule has 2 aromatic rings. The second-order valence-electron chi connectivity index (χ2n) is 3.61. The lowest BCUT2D eigenvalue weighted by Crippen LogP contribution is -2.02. The summed E-state index contributed by atoms with van der Waals surface area (Å²) in [4.78, 5) is 0. The summed E-state index contributed by atoms with van der Waals surface area (Å²) < 4.78 is 2.94. The van der Waals surface area contributed by atoms with Crippen molar-refractivity contribution in [3.63, 3.8) is 0 Å². The maximum absolute atomic E-state index is 5.72. The summed E-state index contributed by atoms with van der Waals surface area (Å²) in [7, 11) is 0. The number of nitrogens with zero attached hydrogens (tertiary/aromatic N) is 2. The Morgan fingerprint density at radius 2 is 2.14 bits per heavy atom. The second kappa shape index (κ2) is 3.28. The predicted octanol–water partition coefficient (Wildman–Crippen LogP) is 2.96. The van der Waals surface area contributed by atoms with Crippen LogP contribution >= 0.6 is 15.9 Å². The molecule has 0 bridgehead atoms. The highest BCUT2D eigenvalue weighted by Gasteiger charge is 2.10. The van der Waals surface area contributed by atoms with Gasteiger partial charge in [0, 0.05) is 17.1 Å². The summed E-state index contributed by atoms with van der Waals surface area (Å²) in [6.45, 7) is 4.19. The first kappa shape index (κ1) is 9.52. The Balaban J connectivity index is 2.74. The Labute approximate surface area is 91.0 Å². The van der Waals surface area contributed by atoms with Crippen LogP contribution in [0.25, 0.3) is 10.9 Å². The van der Waals surface area contributed by atoms with Gasteiger partial charge in [-0.3, -0.25) is 4.68 Å². The Bertz CT molecular complexity index is 473. The summed E-state index contributed by atoms with van der Waals surface area (Å²) in [5.41, 5.74) is 7.46. The number of nitrogens with two attached hydrogens (primary N) is 1. The smallest absolute Gasteiger partial charge is 0.112 e. The first-order chi connectivity index (χ1) is 6.59. The number of hydrogen-bond donors (Lipinski definition) is 1. The molecule has 2 rings (SSSR count). The van der Waals surface area contributed by atoms with Crippen LogP contribution in [-0.4, -0.2) is 9.78 Å². The number of fused-ring (bicyclic) bond motifs is 1. The molecule has 4 heteroatoms. The maximum Gasteiger partial charge on any atom is 0.112 e. The van der Waals surface area contributed by atoms with Gasteiger partial charge in [-0.2, -0.15) is 5.10 Å². The van der Waals surface area contributed by atoms with Crippen LogP contribution in [0.3, 0.4) is 0 Å².